The van der Waals surface area contributed by atoms with E-state index in [4.69, 9.17) is 18.6 Å². The van der Waals surface area contributed by atoms with Crippen molar-refractivity contribution in [2.45, 2.75) is 26.3 Å². The third-order valence-electron chi connectivity index (χ3n) is 3.78. The molecule has 8 nitrogen and oxygen atoms in total. The summed E-state index contributed by atoms with van der Waals surface area (Å²) >= 11 is 0. The van der Waals surface area contributed by atoms with Crippen LogP contribution in [0, 0.1) is 0 Å². The van der Waals surface area contributed by atoms with Crippen LogP contribution in [0.5, 0.6) is 0 Å². The average Bonchev–Trinajstić information content (AvgIpc) is 3.08. The van der Waals surface area contributed by atoms with E-state index in [-0.39, 0.29) is 23.6 Å². The number of hydrogen-bond acceptors (Lipinski definition) is 8. The van der Waals surface area contributed by atoms with E-state index in [1.807, 2.05) is 51.1 Å². The molecule has 0 bridgehead atoms. The summed E-state index contributed by atoms with van der Waals surface area (Å²) in [5.74, 6) is -3.22. The first-order valence-electron chi connectivity index (χ1n) is 9.18. The van der Waals surface area contributed by atoms with Crippen molar-refractivity contribution in [1.29, 1.82) is 0 Å². The standard InChI is InChI=1S/C22H25NO7/c1-22(2,3)23-18-16(20(25)28-5)15(19(24)27-4)17(30-18)21(26)29-13-9-12-14-10-7-6-8-11-14/h6-12,23H,13H2,1-5H3. The fourth-order valence-corrected chi connectivity index (χ4v) is 2.53. The van der Waals surface area contributed by atoms with Crippen LogP contribution in [0.15, 0.2) is 40.8 Å². The van der Waals surface area contributed by atoms with Crippen molar-refractivity contribution in [3.63, 3.8) is 0 Å². The van der Waals surface area contributed by atoms with Crippen LogP contribution in [0.25, 0.3) is 6.08 Å². The van der Waals surface area contributed by atoms with E-state index in [1.54, 1.807) is 12.2 Å². The first kappa shape index (κ1) is 22.7. The first-order chi connectivity index (χ1) is 14.2. The number of furan rings is 1. The molecule has 0 spiro atoms. The summed E-state index contributed by atoms with van der Waals surface area (Å²) in [6.45, 7) is 5.40. The molecule has 1 aromatic heterocycles. The largest absolute Gasteiger partial charge is 0.465 e. The highest BCUT2D eigenvalue weighted by atomic mass is 16.6. The number of nitrogens with one attached hydrogen (secondary N) is 1. The lowest BCUT2D eigenvalue weighted by Crippen LogP contribution is -2.27. The smallest absolute Gasteiger partial charge is 0.375 e. The molecule has 1 N–H and O–H groups in total. The van der Waals surface area contributed by atoms with Crippen LogP contribution in [-0.2, 0) is 14.2 Å². The minimum Gasteiger partial charge on any atom is -0.465 e. The van der Waals surface area contributed by atoms with E-state index in [0.717, 1.165) is 19.8 Å². The van der Waals surface area contributed by atoms with Gasteiger partial charge in [0.25, 0.3) is 0 Å². The highest BCUT2D eigenvalue weighted by Crippen LogP contribution is 2.31. The van der Waals surface area contributed by atoms with Crippen LogP contribution in [0.4, 0.5) is 5.88 Å². The quantitative estimate of drug-likeness (QED) is 0.536. The molecule has 0 aliphatic heterocycles. The molecule has 0 aliphatic carbocycles. The second-order valence-electron chi connectivity index (χ2n) is 7.28. The van der Waals surface area contributed by atoms with E-state index < -0.39 is 29.2 Å². The van der Waals surface area contributed by atoms with E-state index in [0.29, 0.717) is 0 Å². The molecule has 160 valence electrons. The van der Waals surface area contributed by atoms with Gasteiger partial charge in [-0.2, -0.15) is 0 Å². The summed E-state index contributed by atoms with van der Waals surface area (Å²) in [7, 11) is 2.29. The van der Waals surface area contributed by atoms with Crippen LogP contribution in [-0.4, -0.2) is 44.3 Å². The van der Waals surface area contributed by atoms with E-state index >= 15 is 0 Å². The Bertz CT molecular complexity index is 936. The summed E-state index contributed by atoms with van der Waals surface area (Å²) in [6.07, 6.45) is 3.42. The number of carbonyl (C=O) groups excluding carboxylic acids is 3. The number of hydrogen-bond donors (Lipinski definition) is 1. The number of ether oxygens (including phenoxy) is 3. The van der Waals surface area contributed by atoms with Gasteiger partial charge in [0.1, 0.15) is 17.7 Å². The molecule has 0 unspecified atom stereocenters. The molecule has 2 rings (SSSR count). The van der Waals surface area contributed by atoms with Crippen LogP contribution in [0.3, 0.4) is 0 Å². The Balaban J connectivity index is 2.34. The molecule has 30 heavy (non-hydrogen) atoms. The summed E-state index contributed by atoms with van der Waals surface area (Å²) in [6, 6.07) is 9.45. The fourth-order valence-electron chi connectivity index (χ4n) is 2.53. The summed E-state index contributed by atoms with van der Waals surface area (Å²) in [4.78, 5) is 37.3. The Morgan fingerprint density at radius 3 is 2.13 bits per heavy atom. The van der Waals surface area contributed by atoms with E-state index in [2.05, 4.69) is 5.32 Å². The Morgan fingerprint density at radius 1 is 0.967 bits per heavy atom. The molecule has 1 aromatic carbocycles. The number of rotatable bonds is 7. The van der Waals surface area contributed by atoms with E-state index in [9.17, 15) is 14.4 Å². The number of methoxy groups -OCH3 is 2. The summed E-state index contributed by atoms with van der Waals surface area (Å²) in [5.41, 5.74) is -0.182. The molecule has 0 saturated heterocycles. The van der Waals surface area contributed by atoms with Crippen molar-refractivity contribution in [1.82, 2.24) is 0 Å². The molecule has 0 saturated carbocycles. The molecular weight excluding hydrogens is 390 g/mol. The van der Waals surface area contributed by atoms with Crippen molar-refractivity contribution >= 4 is 29.9 Å². The highest BCUT2D eigenvalue weighted by molar-refractivity contribution is 6.12. The molecule has 0 radical (unpaired) electrons. The van der Waals surface area contributed by atoms with Gasteiger partial charge in [-0.1, -0.05) is 36.4 Å². The molecule has 0 aliphatic rings. The molecule has 8 heteroatoms. The third kappa shape index (κ3) is 5.73. The predicted octanol–water partition coefficient (Wildman–Crippen LogP) is 3.93. The SMILES string of the molecule is COC(=O)c1c(NC(C)(C)C)oc(C(=O)OCC=Cc2ccccc2)c1C(=O)OC. The zero-order valence-corrected chi connectivity index (χ0v) is 17.6. The Morgan fingerprint density at radius 2 is 1.57 bits per heavy atom. The Kier molecular flexibility index (Phi) is 7.41. The van der Waals surface area contributed by atoms with Gasteiger partial charge in [-0.05, 0) is 32.4 Å². The van der Waals surface area contributed by atoms with Gasteiger partial charge in [0.15, 0.2) is 0 Å². The first-order valence-corrected chi connectivity index (χ1v) is 9.18. The van der Waals surface area contributed by atoms with Gasteiger partial charge in [0.05, 0.1) is 14.2 Å². The van der Waals surface area contributed by atoms with Gasteiger partial charge in [-0.3, -0.25) is 0 Å². The van der Waals surface area contributed by atoms with Gasteiger partial charge in [-0.15, -0.1) is 0 Å². The Labute approximate surface area is 174 Å². The van der Waals surface area contributed by atoms with Crippen LogP contribution in [0.1, 0.15) is 57.6 Å². The van der Waals surface area contributed by atoms with Gasteiger partial charge in [0, 0.05) is 5.54 Å². The topological polar surface area (TPSA) is 104 Å². The molecule has 0 fully saturated rings. The number of carbonyl (C=O) groups is 3. The number of benzene rings is 1. The molecule has 2 aromatic rings. The Hall–Kier alpha value is -3.55. The summed E-state index contributed by atoms with van der Waals surface area (Å²) in [5, 5.41) is 2.95. The zero-order chi connectivity index (χ0) is 22.3. The second-order valence-corrected chi connectivity index (χ2v) is 7.28. The lowest BCUT2D eigenvalue weighted by atomic mass is 10.1. The van der Waals surface area contributed by atoms with Crippen molar-refractivity contribution in [2.75, 3.05) is 26.1 Å². The molecule has 1 heterocycles. The van der Waals surface area contributed by atoms with Crippen molar-refractivity contribution < 1.29 is 33.0 Å². The molecule has 0 atom stereocenters. The summed E-state index contributed by atoms with van der Waals surface area (Å²) < 4.78 is 20.2. The minimum absolute atomic E-state index is 0.0649. The normalized spacial score (nSPS) is 11.2. The van der Waals surface area contributed by atoms with Gasteiger partial charge < -0.3 is 23.9 Å². The predicted molar refractivity (Wildman–Crippen MR) is 111 cm³/mol. The van der Waals surface area contributed by atoms with Gasteiger partial charge >= 0.3 is 17.9 Å². The van der Waals surface area contributed by atoms with Crippen molar-refractivity contribution in [3.8, 4) is 0 Å². The van der Waals surface area contributed by atoms with Crippen LogP contribution >= 0.6 is 0 Å². The maximum absolute atomic E-state index is 12.6. The lowest BCUT2D eigenvalue weighted by Gasteiger charge is -2.20. The second kappa shape index (κ2) is 9.78. The number of esters is 3. The maximum Gasteiger partial charge on any atom is 0.375 e. The van der Waals surface area contributed by atoms with Crippen LogP contribution < -0.4 is 5.32 Å². The number of anilines is 1. The maximum atomic E-state index is 12.6. The van der Waals surface area contributed by atoms with Gasteiger partial charge in [-0.25, -0.2) is 14.4 Å². The van der Waals surface area contributed by atoms with E-state index in [1.165, 1.54) is 0 Å². The fraction of sp³-hybridized carbons (Fsp3) is 0.318. The molecule has 0 amide bonds. The average molecular weight is 415 g/mol. The van der Waals surface area contributed by atoms with Crippen molar-refractivity contribution in [3.05, 3.63) is 58.9 Å². The third-order valence-corrected chi connectivity index (χ3v) is 3.78. The van der Waals surface area contributed by atoms with Crippen LogP contribution in [0.2, 0.25) is 0 Å². The monoisotopic (exact) mass is 415 g/mol. The highest BCUT2D eigenvalue weighted by Gasteiger charge is 2.36. The minimum atomic E-state index is -0.923. The lowest BCUT2D eigenvalue weighted by molar-refractivity contribution is 0.0489. The molecular formula is C22H25NO7. The van der Waals surface area contributed by atoms with Crippen molar-refractivity contribution in [2.24, 2.45) is 0 Å². The zero-order valence-electron chi connectivity index (χ0n) is 17.6. The van der Waals surface area contributed by atoms with Gasteiger partial charge in [0.2, 0.25) is 11.6 Å².